The molecule has 1 atom stereocenters. The van der Waals surface area contributed by atoms with Crippen LogP contribution in [0.5, 0.6) is 17.2 Å². The Morgan fingerprint density at radius 1 is 0.676 bits per heavy atom. The van der Waals surface area contributed by atoms with Crippen molar-refractivity contribution in [1.29, 1.82) is 0 Å². The maximum absolute atomic E-state index is 11.3. The van der Waals surface area contributed by atoms with Gasteiger partial charge < -0.3 is 26.3 Å². The number of rotatable bonds is 0. The SMILES string of the molecule is NC1CCCc2cc(O)ccc21.O/N=C1\CCCc2cc(O)ccc21.O=C1CCCc2cc(O)ccc21. The third-order valence-electron chi connectivity index (χ3n) is 7.11. The van der Waals surface area contributed by atoms with E-state index in [9.17, 15) is 15.0 Å². The van der Waals surface area contributed by atoms with E-state index in [0.717, 1.165) is 79.3 Å². The number of carbonyl (C=O) groups excluding carboxylic acids is 1. The average Bonchev–Trinajstić information content (AvgIpc) is 2.89. The van der Waals surface area contributed by atoms with Crippen LogP contribution in [0.3, 0.4) is 0 Å². The lowest BCUT2D eigenvalue weighted by molar-refractivity contribution is 0.0972. The predicted molar refractivity (Wildman–Crippen MR) is 143 cm³/mol. The van der Waals surface area contributed by atoms with Crippen LogP contribution in [0.25, 0.3) is 0 Å². The lowest BCUT2D eigenvalue weighted by Gasteiger charge is -2.21. The number of phenols is 3. The molecule has 0 heterocycles. The molecule has 3 aliphatic rings. The molecule has 3 aliphatic carbocycles. The number of aromatic hydroxyl groups is 3. The Labute approximate surface area is 216 Å². The largest absolute Gasteiger partial charge is 0.508 e. The van der Waals surface area contributed by atoms with Gasteiger partial charge in [0.25, 0.3) is 0 Å². The third kappa shape index (κ3) is 6.49. The molecule has 37 heavy (non-hydrogen) atoms. The quantitative estimate of drug-likeness (QED) is 0.202. The molecule has 7 heteroatoms. The number of oxime groups is 1. The zero-order chi connectivity index (χ0) is 26.4. The van der Waals surface area contributed by atoms with Crippen LogP contribution in [0, 0.1) is 0 Å². The number of phenolic OH excluding ortho intramolecular Hbond substituents is 3. The van der Waals surface area contributed by atoms with Crippen molar-refractivity contribution in [2.75, 3.05) is 0 Å². The fourth-order valence-electron chi connectivity index (χ4n) is 5.22. The molecule has 6 rings (SSSR count). The van der Waals surface area contributed by atoms with Crippen LogP contribution in [0.15, 0.2) is 59.8 Å². The van der Waals surface area contributed by atoms with Gasteiger partial charge in [0.15, 0.2) is 5.78 Å². The van der Waals surface area contributed by atoms with E-state index in [1.807, 2.05) is 12.1 Å². The van der Waals surface area contributed by atoms with Gasteiger partial charge in [0.2, 0.25) is 0 Å². The molecule has 0 aliphatic heterocycles. The van der Waals surface area contributed by atoms with Crippen LogP contribution in [0.4, 0.5) is 0 Å². The van der Waals surface area contributed by atoms with Crippen molar-refractivity contribution >= 4 is 11.5 Å². The Morgan fingerprint density at radius 2 is 1.22 bits per heavy atom. The predicted octanol–water partition coefficient (Wildman–Crippen LogP) is 5.55. The van der Waals surface area contributed by atoms with E-state index in [-0.39, 0.29) is 23.3 Å². The third-order valence-corrected chi connectivity index (χ3v) is 7.11. The van der Waals surface area contributed by atoms with E-state index in [1.165, 1.54) is 11.1 Å². The summed E-state index contributed by atoms with van der Waals surface area (Å²) < 4.78 is 0. The number of hydrogen-bond donors (Lipinski definition) is 5. The molecule has 1 unspecified atom stereocenters. The maximum atomic E-state index is 11.3. The van der Waals surface area contributed by atoms with Gasteiger partial charge >= 0.3 is 0 Å². The average molecular weight is 503 g/mol. The highest BCUT2D eigenvalue weighted by Crippen LogP contribution is 2.30. The van der Waals surface area contributed by atoms with Gasteiger partial charge in [0, 0.05) is 23.6 Å². The van der Waals surface area contributed by atoms with E-state index in [4.69, 9.17) is 16.0 Å². The number of hydrogen-bond acceptors (Lipinski definition) is 7. The van der Waals surface area contributed by atoms with Crippen LogP contribution in [-0.2, 0) is 19.3 Å². The molecule has 194 valence electrons. The summed E-state index contributed by atoms with van der Waals surface area (Å²) in [6, 6.07) is 15.8. The molecule has 6 N–H and O–H groups in total. The van der Waals surface area contributed by atoms with Crippen molar-refractivity contribution in [3.63, 3.8) is 0 Å². The first-order chi connectivity index (χ1) is 17.9. The number of ketones is 1. The second-order valence-corrected chi connectivity index (χ2v) is 9.74. The van der Waals surface area contributed by atoms with Gasteiger partial charge in [-0.3, -0.25) is 4.79 Å². The zero-order valence-corrected chi connectivity index (χ0v) is 20.9. The summed E-state index contributed by atoms with van der Waals surface area (Å²) in [5.41, 5.74) is 12.9. The Bertz CT molecular complexity index is 1300. The highest BCUT2D eigenvalue weighted by atomic mass is 16.4. The molecule has 0 bridgehead atoms. The van der Waals surface area contributed by atoms with Crippen molar-refractivity contribution in [3.8, 4) is 17.2 Å². The summed E-state index contributed by atoms with van der Waals surface area (Å²) >= 11 is 0. The summed E-state index contributed by atoms with van der Waals surface area (Å²) in [6.45, 7) is 0. The van der Waals surface area contributed by atoms with Gasteiger partial charge in [0.1, 0.15) is 17.2 Å². The summed E-state index contributed by atoms with van der Waals surface area (Å²) in [5.74, 6) is 1.08. The number of nitrogens with zero attached hydrogens (tertiary/aromatic N) is 1. The zero-order valence-electron chi connectivity index (χ0n) is 20.9. The first-order valence-corrected chi connectivity index (χ1v) is 12.8. The lowest BCUT2D eigenvalue weighted by atomic mass is 9.88. The highest BCUT2D eigenvalue weighted by molar-refractivity contribution is 6.02. The fourth-order valence-corrected chi connectivity index (χ4v) is 5.22. The van der Waals surface area contributed by atoms with E-state index in [1.54, 1.807) is 42.5 Å². The first kappa shape index (κ1) is 26.2. The van der Waals surface area contributed by atoms with E-state index >= 15 is 0 Å². The molecular weight excluding hydrogens is 468 g/mol. The molecule has 7 nitrogen and oxygen atoms in total. The summed E-state index contributed by atoms with van der Waals surface area (Å²) in [5, 5.41) is 39.6. The Hall–Kier alpha value is -3.84. The Morgan fingerprint density at radius 3 is 1.89 bits per heavy atom. The van der Waals surface area contributed by atoms with Gasteiger partial charge in [-0.1, -0.05) is 11.2 Å². The van der Waals surface area contributed by atoms with E-state index in [0.29, 0.717) is 12.2 Å². The fraction of sp³-hybridized carbons (Fsp3) is 0.333. The molecule has 0 saturated heterocycles. The van der Waals surface area contributed by atoms with Crippen molar-refractivity contribution in [3.05, 3.63) is 88.0 Å². The molecule has 0 amide bonds. The number of Topliss-reactive ketones (excluding diaryl/α,β-unsaturated/α-hetero) is 1. The van der Waals surface area contributed by atoms with Crippen molar-refractivity contribution in [2.24, 2.45) is 10.9 Å². The molecular formula is C30H34N2O5. The van der Waals surface area contributed by atoms with Gasteiger partial charge in [-0.15, -0.1) is 0 Å². The molecule has 3 aromatic carbocycles. The number of carbonyl (C=O) groups is 1. The minimum Gasteiger partial charge on any atom is -0.508 e. The number of benzene rings is 3. The smallest absolute Gasteiger partial charge is 0.163 e. The van der Waals surface area contributed by atoms with Crippen molar-refractivity contribution in [1.82, 2.24) is 0 Å². The van der Waals surface area contributed by atoms with Crippen LogP contribution in [0.2, 0.25) is 0 Å². The molecule has 0 fully saturated rings. The van der Waals surface area contributed by atoms with E-state index in [2.05, 4.69) is 5.16 Å². The highest BCUT2D eigenvalue weighted by Gasteiger charge is 2.18. The standard InChI is InChI=1S/C10H11NO2.C10H13NO.C10H10O2/c12-8-4-5-9-7(6-8)2-1-3-10(9)11-13;11-10-3-1-2-7-6-8(12)4-5-9(7)10;11-8-4-5-9-7(6-8)2-1-3-10(9)12/h4-6,12-13H,1-3H2;4-6,10,12H,1-3,11H2;4-6,11H,1-3H2/b11-10+;;. The minimum absolute atomic E-state index is 0.175. The van der Waals surface area contributed by atoms with Crippen LogP contribution in [-0.4, -0.2) is 32.0 Å². The van der Waals surface area contributed by atoms with Crippen molar-refractivity contribution < 1.29 is 25.3 Å². The first-order valence-electron chi connectivity index (χ1n) is 12.8. The lowest BCUT2D eigenvalue weighted by Crippen LogP contribution is -2.16. The summed E-state index contributed by atoms with van der Waals surface area (Å²) in [6.07, 6.45) is 8.47. The van der Waals surface area contributed by atoms with Gasteiger partial charge in [-0.25, -0.2) is 0 Å². The molecule has 0 aromatic heterocycles. The molecule has 0 saturated carbocycles. The van der Waals surface area contributed by atoms with Gasteiger partial charge in [-0.2, -0.15) is 0 Å². The number of nitrogens with two attached hydrogens (primary N) is 1. The van der Waals surface area contributed by atoms with Crippen LogP contribution >= 0.6 is 0 Å². The van der Waals surface area contributed by atoms with Crippen LogP contribution < -0.4 is 5.73 Å². The maximum Gasteiger partial charge on any atom is 0.163 e. The normalized spacial score (nSPS) is 18.8. The van der Waals surface area contributed by atoms with Crippen molar-refractivity contribution in [2.45, 2.75) is 63.8 Å². The number of fused-ring (bicyclic) bond motifs is 3. The molecule has 3 aromatic rings. The van der Waals surface area contributed by atoms with Gasteiger partial charge in [-0.05, 0) is 122 Å². The topological polar surface area (TPSA) is 136 Å². The Kier molecular flexibility index (Phi) is 8.46. The van der Waals surface area contributed by atoms with Gasteiger partial charge in [0.05, 0.1) is 5.71 Å². The molecule has 0 spiro atoms. The summed E-state index contributed by atoms with van der Waals surface area (Å²) in [7, 11) is 0. The summed E-state index contributed by atoms with van der Waals surface area (Å²) in [4.78, 5) is 11.3. The second kappa shape index (κ2) is 11.9. The number of aryl methyl sites for hydroxylation is 3. The second-order valence-electron chi connectivity index (χ2n) is 9.74. The Balaban J connectivity index is 0.000000130. The molecule has 0 radical (unpaired) electrons. The minimum atomic E-state index is 0.175. The van der Waals surface area contributed by atoms with Crippen LogP contribution in [0.1, 0.15) is 82.7 Å². The van der Waals surface area contributed by atoms with E-state index < -0.39 is 0 Å². The monoisotopic (exact) mass is 502 g/mol.